The average Bonchev–Trinajstić information content (AvgIpc) is 3.04. The molecule has 1 amide bonds. The van der Waals surface area contributed by atoms with Crippen molar-refractivity contribution in [1.82, 2.24) is 24.6 Å². The molecule has 14 heteroatoms. The third-order valence-electron chi connectivity index (χ3n) is 3.70. The van der Waals surface area contributed by atoms with Gasteiger partial charge in [0.2, 0.25) is 5.91 Å². The van der Waals surface area contributed by atoms with E-state index in [4.69, 9.17) is 0 Å². The lowest BCUT2D eigenvalue weighted by atomic mass is 10.1. The SMILES string of the molecule is O=C(/C=C\n1cnc(-c2cc(C(F)(F)F)nc(C(F)(F)F)c2)n1)N1CC(F)(F)C1. The minimum Gasteiger partial charge on any atom is -0.327 e. The molecule has 2 aromatic rings. The number of amides is 1. The van der Waals surface area contributed by atoms with Crippen LogP contribution in [-0.4, -0.2) is 49.6 Å². The highest BCUT2D eigenvalue weighted by Gasteiger charge is 2.45. The maximum atomic E-state index is 12.9. The normalized spacial score (nSPS) is 16.9. The largest absolute Gasteiger partial charge is 0.433 e. The number of nitrogens with zero attached hydrogens (tertiary/aromatic N) is 5. The van der Waals surface area contributed by atoms with E-state index in [2.05, 4.69) is 15.1 Å². The van der Waals surface area contributed by atoms with Crippen molar-refractivity contribution in [2.45, 2.75) is 18.3 Å². The zero-order valence-electron chi connectivity index (χ0n) is 14.0. The molecule has 0 saturated carbocycles. The number of alkyl halides is 8. The Morgan fingerprint density at radius 3 is 2.07 bits per heavy atom. The molecule has 0 bridgehead atoms. The van der Waals surface area contributed by atoms with Gasteiger partial charge in [-0.05, 0) is 12.1 Å². The van der Waals surface area contributed by atoms with Crippen LogP contribution in [0.2, 0.25) is 0 Å². The van der Waals surface area contributed by atoms with E-state index in [-0.39, 0.29) is 0 Å². The molecule has 1 aliphatic rings. The van der Waals surface area contributed by atoms with Gasteiger partial charge in [-0.3, -0.25) is 4.79 Å². The topological polar surface area (TPSA) is 63.9 Å². The second-order valence-corrected chi connectivity index (χ2v) is 6.04. The highest BCUT2D eigenvalue weighted by Crippen LogP contribution is 2.35. The fourth-order valence-corrected chi connectivity index (χ4v) is 2.34. The zero-order valence-corrected chi connectivity index (χ0v) is 14.0. The maximum Gasteiger partial charge on any atom is 0.433 e. The number of hydrogen-bond donors (Lipinski definition) is 0. The van der Waals surface area contributed by atoms with E-state index in [0.717, 1.165) is 28.2 Å². The van der Waals surface area contributed by atoms with Crippen molar-refractivity contribution in [3.8, 4) is 11.4 Å². The number of carbonyl (C=O) groups is 1. The molecule has 0 N–H and O–H groups in total. The van der Waals surface area contributed by atoms with Crippen LogP contribution >= 0.6 is 0 Å². The Morgan fingerprint density at radius 1 is 1.03 bits per heavy atom. The van der Waals surface area contributed by atoms with Gasteiger partial charge in [0, 0.05) is 17.8 Å². The summed E-state index contributed by atoms with van der Waals surface area (Å²) in [6.45, 7) is -1.51. The third kappa shape index (κ3) is 4.68. The molecule has 0 atom stereocenters. The Bertz CT molecular complexity index is 922. The monoisotopic (exact) mass is 427 g/mol. The first-order valence-electron chi connectivity index (χ1n) is 7.67. The molecule has 0 unspecified atom stereocenters. The standard InChI is InChI=1S/C15H9F8N5O/c16-13(17)5-27(6-13)11(29)1-2-28-7-24-12(26-28)8-3-9(14(18,19)20)25-10(4-8)15(21,22)23/h1-4,7H,5-6H2/b2-1-. The Kier molecular flexibility index (Phi) is 4.83. The van der Waals surface area contributed by atoms with Gasteiger partial charge >= 0.3 is 12.4 Å². The Morgan fingerprint density at radius 2 is 1.59 bits per heavy atom. The van der Waals surface area contributed by atoms with Crippen LogP contribution in [0.3, 0.4) is 0 Å². The van der Waals surface area contributed by atoms with E-state index in [1.807, 2.05) is 0 Å². The van der Waals surface area contributed by atoms with Gasteiger partial charge < -0.3 is 4.90 Å². The predicted molar refractivity (Wildman–Crippen MR) is 80.1 cm³/mol. The first kappa shape index (κ1) is 20.7. The van der Waals surface area contributed by atoms with E-state index in [1.165, 1.54) is 0 Å². The smallest absolute Gasteiger partial charge is 0.327 e. The highest BCUT2D eigenvalue weighted by molar-refractivity contribution is 5.90. The molecule has 0 spiro atoms. The number of hydrogen-bond acceptors (Lipinski definition) is 4. The summed E-state index contributed by atoms with van der Waals surface area (Å²) < 4.78 is 103. The van der Waals surface area contributed by atoms with Crippen LogP contribution in [0.5, 0.6) is 0 Å². The Labute approximate surface area is 156 Å². The molecular formula is C15H9F8N5O. The average molecular weight is 427 g/mol. The molecular weight excluding hydrogens is 418 g/mol. The first-order chi connectivity index (χ1) is 13.2. The van der Waals surface area contributed by atoms with Gasteiger partial charge in [0.25, 0.3) is 5.92 Å². The van der Waals surface area contributed by atoms with Crippen molar-refractivity contribution in [3.05, 3.63) is 35.9 Å². The summed E-state index contributed by atoms with van der Waals surface area (Å²) in [6.07, 6.45) is -7.51. The summed E-state index contributed by atoms with van der Waals surface area (Å²) in [5.74, 6) is -4.22. The van der Waals surface area contributed by atoms with Crippen LogP contribution in [0.1, 0.15) is 11.4 Å². The number of likely N-dealkylation sites (tertiary alicyclic amines) is 1. The van der Waals surface area contributed by atoms with E-state index in [1.54, 1.807) is 0 Å². The Hall–Kier alpha value is -3.06. The summed E-state index contributed by atoms with van der Waals surface area (Å²) in [5.41, 5.74) is -4.15. The minimum absolute atomic E-state index is 0.353. The first-order valence-corrected chi connectivity index (χ1v) is 7.67. The van der Waals surface area contributed by atoms with Crippen molar-refractivity contribution in [1.29, 1.82) is 0 Å². The molecule has 6 nitrogen and oxygen atoms in total. The van der Waals surface area contributed by atoms with E-state index in [0.29, 0.717) is 12.1 Å². The number of halogens is 8. The van der Waals surface area contributed by atoms with Crippen LogP contribution in [0, 0.1) is 0 Å². The molecule has 156 valence electrons. The summed E-state index contributed by atoms with van der Waals surface area (Å²) in [7, 11) is 0. The number of aromatic nitrogens is 4. The molecule has 2 aromatic heterocycles. The van der Waals surface area contributed by atoms with Crippen molar-refractivity contribution < 1.29 is 39.9 Å². The van der Waals surface area contributed by atoms with Crippen molar-refractivity contribution in [2.24, 2.45) is 0 Å². The number of rotatable bonds is 3. The van der Waals surface area contributed by atoms with Gasteiger partial charge in [-0.2, -0.15) is 26.3 Å². The van der Waals surface area contributed by atoms with Crippen LogP contribution in [0.15, 0.2) is 24.5 Å². The van der Waals surface area contributed by atoms with Gasteiger partial charge in [-0.25, -0.2) is 23.4 Å². The second kappa shape index (κ2) is 6.77. The molecule has 1 fully saturated rings. The Balaban J connectivity index is 1.84. The zero-order chi connectivity index (χ0) is 21.6. The third-order valence-corrected chi connectivity index (χ3v) is 3.70. The number of carbonyl (C=O) groups excluding carboxylic acids is 1. The van der Waals surface area contributed by atoms with E-state index < -0.39 is 60.0 Å². The highest BCUT2D eigenvalue weighted by atomic mass is 19.4. The molecule has 1 saturated heterocycles. The molecule has 29 heavy (non-hydrogen) atoms. The predicted octanol–water partition coefficient (Wildman–Crippen LogP) is 3.33. The molecule has 0 radical (unpaired) electrons. The summed E-state index contributed by atoms with van der Waals surface area (Å²) in [5, 5.41) is 3.67. The van der Waals surface area contributed by atoms with Gasteiger partial charge in [-0.15, -0.1) is 5.10 Å². The summed E-state index contributed by atoms with van der Waals surface area (Å²) >= 11 is 0. The lowest BCUT2D eigenvalue weighted by molar-refractivity contribution is -0.160. The maximum absolute atomic E-state index is 12.9. The summed E-state index contributed by atoms with van der Waals surface area (Å²) in [6, 6.07) is 0.706. The van der Waals surface area contributed by atoms with Crippen molar-refractivity contribution in [3.63, 3.8) is 0 Å². The van der Waals surface area contributed by atoms with Gasteiger partial charge in [-0.1, -0.05) is 0 Å². The minimum atomic E-state index is -5.13. The summed E-state index contributed by atoms with van der Waals surface area (Å²) in [4.78, 5) is 18.7. The fourth-order valence-electron chi connectivity index (χ4n) is 2.34. The second-order valence-electron chi connectivity index (χ2n) is 6.04. The van der Waals surface area contributed by atoms with Gasteiger partial charge in [0.1, 0.15) is 17.7 Å². The lowest BCUT2D eigenvalue weighted by Gasteiger charge is -2.37. The van der Waals surface area contributed by atoms with Gasteiger partial charge in [0.15, 0.2) is 5.82 Å². The molecule has 0 aromatic carbocycles. The molecule has 3 rings (SSSR count). The van der Waals surface area contributed by atoms with Crippen molar-refractivity contribution in [2.75, 3.05) is 13.1 Å². The van der Waals surface area contributed by atoms with Crippen LogP contribution < -0.4 is 0 Å². The van der Waals surface area contributed by atoms with Gasteiger partial charge in [0.05, 0.1) is 13.1 Å². The van der Waals surface area contributed by atoms with E-state index >= 15 is 0 Å². The van der Waals surface area contributed by atoms with Crippen LogP contribution in [-0.2, 0) is 17.1 Å². The lowest BCUT2D eigenvalue weighted by Crippen LogP contribution is -2.58. The number of pyridine rings is 1. The fraction of sp³-hybridized carbons (Fsp3) is 0.333. The van der Waals surface area contributed by atoms with Crippen molar-refractivity contribution >= 4 is 12.1 Å². The quantitative estimate of drug-likeness (QED) is 0.557. The molecule has 1 aliphatic heterocycles. The van der Waals surface area contributed by atoms with Crippen LogP contribution in [0.25, 0.3) is 17.6 Å². The van der Waals surface area contributed by atoms with Crippen LogP contribution in [0.4, 0.5) is 35.1 Å². The molecule has 3 heterocycles. The molecule has 0 aliphatic carbocycles. The van der Waals surface area contributed by atoms with E-state index in [9.17, 15) is 39.9 Å².